The smallest absolute Gasteiger partial charge is 0.242 e. The summed E-state index contributed by atoms with van der Waals surface area (Å²) >= 11 is 0. The minimum atomic E-state index is -0.552. The molecule has 0 saturated heterocycles. The van der Waals surface area contributed by atoms with Crippen molar-refractivity contribution >= 4 is 17.6 Å². The lowest BCUT2D eigenvalue weighted by molar-refractivity contribution is -0.126. The van der Waals surface area contributed by atoms with Crippen molar-refractivity contribution in [1.82, 2.24) is 15.1 Å². The van der Waals surface area contributed by atoms with Gasteiger partial charge >= 0.3 is 0 Å². The first-order valence-corrected chi connectivity index (χ1v) is 8.24. The average molecular weight is 326 g/mol. The molecular weight excluding hydrogens is 304 g/mol. The van der Waals surface area contributed by atoms with Crippen molar-refractivity contribution in [1.29, 1.82) is 0 Å². The fraction of sp³-hybridized carbons (Fsp3) is 0.389. The number of nitrogens with zero attached hydrogens (tertiary/aromatic N) is 3. The van der Waals surface area contributed by atoms with E-state index in [1.807, 2.05) is 43.3 Å². The monoisotopic (exact) mass is 326 g/mol. The Kier molecular flexibility index (Phi) is 4.64. The fourth-order valence-corrected chi connectivity index (χ4v) is 2.99. The van der Waals surface area contributed by atoms with Crippen LogP contribution in [0.5, 0.6) is 0 Å². The molecule has 0 spiro atoms. The molecule has 2 amide bonds. The van der Waals surface area contributed by atoms with Crippen LogP contribution in [0, 0.1) is 6.92 Å². The Balaban J connectivity index is 1.64. The molecular formula is C18H22N4O2. The molecule has 3 rings (SSSR count). The van der Waals surface area contributed by atoms with Gasteiger partial charge in [-0.15, -0.1) is 0 Å². The zero-order valence-electron chi connectivity index (χ0n) is 14.0. The Morgan fingerprint density at radius 3 is 2.83 bits per heavy atom. The number of carbonyl (C=O) groups excluding carboxylic acids is 2. The number of aryl methyl sites for hydroxylation is 2. The number of carbonyl (C=O) groups is 2. The van der Waals surface area contributed by atoms with E-state index < -0.39 is 6.04 Å². The number of rotatable bonds is 5. The third kappa shape index (κ3) is 3.32. The van der Waals surface area contributed by atoms with E-state index in [0.717, 1.165) is 12.1 Å². The molecule has 1 atom stereocenters. The van der Waals surface area contributed by atoms with Crippen LogP contribution in [0.4, 0.5) is 5.82 Å². The minimum Gasteiger partial charge on any atom is -0.354 e. The van der Waals surface area contributed by atoms with Gasteiger partial charge in [-0.25, -0.2) is 4.68 Å². The highest BCUT2D eigenvalue weighted by atomic mass is 16.2. The Morgan fingerprint density at radius 2 is 2.08 bits per heavy atom. The Morgan fingerprint density at radius 1 is 1.33 bits per heavy atom. The number of nitrogens with one attached hydrogen (secondary N) is 1. The van der Waals surface area contributed by atoms with Gasteiger partial charge in [0.05, 0.1) is 12.2 Å². The van der Waals surface area contributed by atoms with Gasteiger partial charge in [-0.05, 0) is 25.8 Å². The van der Waals surface area contributed by atoms with E-state index in [9.17, 15) is 9.59 Å². The highest BCUT2D eigenvalue weighted by Crippen LogP contribution is 2.24. The summed E-state index contributed by atoms with van der Waals surface area (Å²) in [6.07, 6.45) is 1.14. The lowest BCUT2D eigenvalue weighted by Gasteiger charge is -2.31. The van der Waals surface area contributed by atoms with Crippen LogP contribution >= 0.6 is 0 Å². The summed E-state index contributed by atoms with van der Waals surface area (Å²) < 4.78 is 1.80. The molecule has 24 heavy (non-hydrogen) atoms. The van der Waals surface area contributed by atoms with Gasteiger partial charge in [0.25, 0.3) is 0 Å². The van der Waals surface area contributed by atoms with E-state index in [2.05, 4.69) is 10.4 Å². The number of anilines is 1. The molecule has 0 radical (unpaired) electrons. The van der Waals surface area contributed by atoms with E-state index in [1.165, 1.54) is 5.56 Å². The van der Waals surface area contributed by atoms with Crippen LogP contribution in [-0.4, -0.2) is 34.2 Å². The molecule has 1 aliphatic heterocycles. The van der Waals surface area contributed by atoms with Crippen LogP contribution in [-0.2, 0) is 22.6 Å². The number of hydrogen-bond acceptors (Lipinski definition) is 3. The highest BCUT2D eigenvalue weighted by molar-refractivity contribution is 6.00. The van der Waals surface area contributed by atoms with Gasteiger partial charge in [-0.1, -0.05) is 30.3 Å². The van der Waals surface area contributed by atoms with Crippen molar-refractivity contribution in [3.05, 3.63) is 47.7 Å². The zero-order valence-corrected chi connectivity index (χ0v) is 14.0. The molecule has 0 aliphatic carbocycles. The van der Waals surface area contributed by atoms with Crippen LogP contribution < -0.4 is 10.2 Å². The predicted molar refractivity (Wildman–Crippen MR) is 91.7 cm³/mol. The molecule has 126 valence electrons. The summed E-state index contributed by atoms with van der Waals surface area (Å²) in [5.74, 6) is 0.522. The third-order valence-corrected chi connectivity index (χ3v) is 4.26. The standard InChI is InChI=1S/C18H22N4O2/c1-13-12-16-21(20-13)11-9-17(23)22(16)14(2)18(24)19-10-8-15-6-4-3-5-7-15/h3-7,12,14H,8-11H2,1-2H3,(H,19,24). The van der Waals surface area contributed by atoms with Crippen molar-refractivity contribution < 1.29 is 9.59 Å². The molecule has 0 saturated carbocycles. The van der Waals surface area contributed by atoms with Crippen LogP contribution in [0.25, 0.3) is 0 Å². The summed E-state index contributed by atoms with van der Waals surface area (Å²) in [5.41, 5.74) is 2.02. The maximum Gasteiger partial charge on any atom is 0.242 e. The normalized spacial score (nSPS) is 15.1. The summed E-state index contributed by atoms with van der Waals surface area (Å²) in [6, 6.07) is 11.3. The second-order valence-electron chi connectivity index (χ2n) is 6.08. The quantitative estimate of drug-likeness (QED) is 0.909. The molecule has 1 aliphatic rings. The largest absolute Gasteiger partial charge is 0.354 e. The first kappa shape index (κ1) is 16.2. The number of fused-ring (bicyclic) bond motifs is 1. The van der Waals surface area contributed by atoms with Crippen molar-refractivity contribution in [2.45, 2.75) is 39.3 Å². The summed E-state index contributed by atoms with van der Waals surface area (Å²) in [5, 5.41) is 7.29. The van der Waals surface area contributed by atoms with Crippen molar-refractivity contribution in [3.8, 4) is 0 Å². The maximum atomic E-state index is 12.5. The second-order valence-corrected chi connectivity index (χ2v) is 6.08. The van der Waals surface area contributed by atoms with Gasteiger partial charge in [-0.2, -0.15) is 5.10 Å². The molecule has 0 bridgehead atoms. The van der Waals surface area contributed by atoms with Crippen LogP contribution in [0.3, 0.4) is 0 Å². The molecule has 6 heteroatoms. The second kappa shape index (κ2) is 6.86. The predicted octanol–water partition coefficient (Wildman–Crippen LogP) is 1.68. The fourth-order valence-electron chi connectivity index (χ4n) is 2.99. The van der Waals surface area contributed by atoms with E-state index in [1.54, 1.807) is 16.5 Å². The summed E-state index contributed by atoms with van der Waals surface area (Å²) in [4.78, 5) is 26.3. The van der Waals surface area contributed by atoms with Crippen LogP contribution in [0.2, 0.25) is 0 Å². The average Bonchev–Trinajstić information content (AvgIpc) is 2.95. The summed E-state index contributed by atoms with van der Waals surface area (Å²) in [7, 11) is 0. The number of hydrogen-bond donors (Lipinski definition) is 1. The van der Waals surface area contributed by atoms with Crippen molar-refractivity contribution in [3.63, 3.8) is 0 Å². The molecule has 0 fully saturated rings. The molecule has 6 nitrogen and oxygen atoms in total. The van der Waals surface area contributed by atoms with Gasteiger partial charge in [0.15, 0.2) is 0 Å². The summed E-state index contributed by atoms with van der Waals surface area (Å²) in [6.45, 7) is 4.76. The van der Waals surface area contributed by atoms with Crippen LogP contribution in [0.15, 0.2) is 36.4 Å². The van der Waals surface area contributed by atoms with E-state index >= 15 is 0 Å². The lowest BCUT2D eigenvalue weighted by Crippen LogP contribution is -2.51. The molecule has 1 aromatic heterocycles. The van der Waals surface area contributed by atoms with Crippen molar-refractivity contribution in [2.24, 2.45) is 0 Å². The number of amides is 2. The molecule has 2 heterocycles. The SMILES string of the molecule is Cc1cc2n(n1)CCC(=O)N2C(C)C(=O)NCCc1ccccc1. The number of benzene rings is 1. The Labute approximate surface area is 141 Å². The van der Waals surface area contributed by atoms with Gasteiger partial charge in [0.1, 0.15) is 11.9 Å². The maximum absolute atomic E-state index is 12.5. The molecule has 2 aromatic rings. The molecule has 1 unspecified atom stereocenters. The van der Waals surface area contributed by atoms with E-state index in [0.29, 0.717) is 25.3 Å². The number of aromatic nitrogens is 2. The molecule has 1 aromatic carbocycles. The third-order valence-electron chi connectivity index (χ3n) is 4.26. The minimum absolute atomic E-state index is 0.0342. The lowest BCUT2D eigenvalue weighted by atomic mass is 10.1. The van der Waals surface area contributed by atoms with Crippen molar-refractivity contribution in [2.75, 3.05) is 11.4 Å². The van der Waals surface area contributed by atoms with Gasteiger partial charge in [0, 0.05) is 19.0 Å². The van der Waals surface area contributed by atoms with Gasteiger partial charge in [-0.3, -0.25) is 14.5 Å². The van der Waals surface area contributed by atoms with Crippen LogP contribution in [0.1, 0.15) is 24.6 Å². The van der Waals surface area contributed by atoms with Gasteiger partial charge < -0.3 is 5.32 Å². The zero-order chi connectivity index (χ0) is 17.1. The topological polar surface area (TPSA) is 67.2 Å². The van der Waals surface area contributed by atoms with E-state index in [4.69, 9.17) is 0 Å². The van der Waals surface area contributed by atoms with E-state index in [-0.39, 0.29) is 11.8 Å². The Bertz CT molecular complexity index is 739. The molecule has 1 N–H and O–H groups in total. The highest BCUT2D eigenvalue weighted by Gasteiger charge is 2.32. The Hall–Kier alpha value is -2.63. The first-order chi connectivity index (χ1) is 11.6. The first-order valence-electron chi connectivity index (χ1n) is 8.24. The van der Waals surface area contributed by atoms with Gasteiger partial charge in [0.2, 0.25) is 11.8 Å².